The Bertz CT molecular complexity index is 778. The van der Waals surface area contributed by atoms with Crippen LogP contribution in [0.4, 0.5) is 14.6 Å². The summed E-state index contributed by atoms with van der Waals surface area (Å²) in [6.45, 7) is 2.70. The van der Waals surface area contributed by atoms with E-state index in [0.29, 0.717) is 17.1 Å². The molecule has 6 heteroatoms. The molecule has 0 aliphatic rings. The van der Waals surface area contributed by atoms with Gasteiger partial charge in [-0.15, -0.1) is 0 Å². The van der Waals surface area contributed by atoms with Gasteiger partial charge in [0.05, 0.1) is 17.5 Å². The molecule has 22 heavy (non-hydrogen) atoms. The number of halogens is 2. The summed E-state index contributed by atoms with van der Waals surface area (Å²) in [5.41, 5.74) is 1.59. The fourth-order valence-electron chi connectivity index (χ4n) is 2.31. The topological polar surface area (TPSA) is 53.6 Å². The maximum atomic E-state index is 14.0. The van der Waals surface area contributed by atoms with Crippen molar-refractivity contribution in [2.24, 2.45) is 0 Å². The molecule has 1 aromatic carbocycles. The molecule has 3 rings (SSSR count). The summed E-state index contributed by atoms with van der Waals surface area (Å²) in [6.07, 6.45) is 3.19. The van der Waals surface area contributed by atoms with E-state index in [9.17, 15) is 8.78 Å². The Balaban J connectivity index is 2.12. The number of nitrogens with zero attached hydrogens (tertiary/aromatic N) is 2. The van der Waals surface area contributed by atoms with Crippen LogP contribution < -0.4 is 5.32 Å². The summed E-state index contributed by atoms with van der Waals surface area (Å²) in [7, 11) is 0. The van der Waals surface area contributed by atoms with Crippen LogP contribution in [-0.2, 0) is 0 Å². The third kappa shape index (κ3) is 2.55. The second-order valence-electron chi connectivity index (χ2n) is 4.72. The van der Waals surface area contributed by atoms with Crippen molar-refractivity contribution in [2.45, 2.75) is 6.92 Å². The van der Waals surface area contributed by atoms with Gasteiger partial charge in [-0.1, -0.05) is 6.07 Å². The van der Waals surface area contributed by atoms with E-state index in [4.69, 9.17) is 0 Å². The Hall–Kier alpha value is -2.76. The highest BCUT2D eigenvalue weighted by atomic mass is 19.1. The van der Waals surface area contributed by atoms with E-state index in [-0.39, 0.29) is 5.56 Å². The highest BCUT2D eigenvalue weighted by Gasteiger charge is 2.17. The van der Waals surface area contributed by atoms with Gasteiger partial charge in [0.15, 0.2) is 0 Å². The van der Waals surface area contributed by atoms with Crippen LogP contribution in [0.2, 0.25) is 0 Å². The van der Waals surface area contributed by atoms with Gasteiger partial charge in [0.2, 0.25) is 0 Å². The quantitative estimate of drug-likeness (QED) is 0.769. The van der Waals surface area contributed by atoms with Gasteiger partial charge in [0.1, 0.15) is 17.5 Å². The van der Waals surface area contributed by atoms with Crippen LogP contribution in [0.3, 0.4) is 0 Å². The number of hydrogen-bond acceptors (Lipinski definition) is 3. The summed E-state index contributed by atoms with van der Waals surface area (Å²) >= 11 is 0. The number of aromatic nitrogens is 3. The van der Waals surface area contributed by atoms with Crippen molar-refractivity contribution >= 4 is 5.82 Å². The van der Waals surface area contributed by atoms with E-state index in [2.05, 4.69) is 20.5 Å². The Morgan fingerprint density at radius 1 is 1.18 bits per heavy atom. The van der Waals surface area contributed by atoms with Crippen LogP contribution >= 0.6 is 0 Å². The molecule has 0 radical (unpaired) electrons. The number of rotatable bonds is 4. The molecule has 0 unspecified atom stereocenters. The minimum atomic E-state index is -0.633. The molecular formula is C16H14F2N4. The Morgan fingerprint density at radius 2 is 1.95 bits per heavy atom. The van der Waals surface area contributed by atoms with Crippen molar-refractivity contribution in [2.75, 3.05) is 11.9 Å². The number of aromatic amines is 1. The Labute approximate surface area is 126 Å². The van der Waals surface area contributed by atoms with Crippen molar-refractivity contribution in [1.29, 1.82) is 0 Å². The van der Waals surface area contributed by atoms with Crippen molar-refractivity contribution in [1.82, 2.24) is 15.2 Å². The zero-order valence-corrected chi connectivity index (χ0v) is 11.9. The van der Waals surface area contributed by atoms with Crippen molar-refractivity contribution < 1.29 is 8.78 Å². The van der Waals surface area contributed by atoms with E-state index >= 15 is 0 Å². The molecule has 0 amide bonds. The van der Waals surface area contributed by atoms with Gasteiger partial charge in [0.25, 0.3) is 0 Å². The lowest BCUT2D eigenvalue weighted by molar-refractivity contribution is 0.588. The van der Waals surface area contributed by atoms with Gasteiger partial charge in [-0.2, -0.15) is 5.10 Å². The number of benzene rings is 1. The van der Waals surface area contributed by atoms with Crippen LogP contribution in [0, 0.1) is 11.6 Å². The molecule has 0 aliphatic heterocycles. The first-order chi connectivity index (χ1) is 10.7. The average Bonchev–Trinajstić information content (AvgIpc) is 2.97. The van der Waals surface area contributed by atoms with Crippen LogP contribution in [-0.4, -0.2) is 21.7 Å². The molecule has 0 fully saturated rings. The molecule has 0 spiro atoms. The molecule has 0 aliphatic carbocycles. The van der Waals surface area contributed by atoms with E-state index in [0.717, 1.165) is 12.1 Å². The van der Waals surface area contributed by atoms with E-state index < -0.39 is 11.6 Å². The molecule has 2 heterocycles. The molecule has 0 saturated carbocycles. The molecular weight excluding hydrogens is 286 g/mol. The van der Waals surface area contributed by atoms with Gasteiger partial charge in [-0.3, -0.25) is 5.10 Å². The van der Waals surface area contributed by atoms with Crippen LogP contribution in [0.1, 0.15) is 6.92 Å². The lowest BCUT2D eigenvalue weighted by Gasteiger charge is -2.08. The van der Waals surface area contributed by atoms with Crippen molar-refractivity contribution in [3.8, 4) is 22.4 Å². The summed E-state index contributed by atoms with van der Waals surface area (Å²) in [4.78, 5) is 4.19. The molecule has 0 bridgehead atoms. The fraction of sp³-hybridized carbons (Fsp3) is 0.125. The largest absolute Gasteiger partial charge is 0.370 e. The van der Waals surface area contributed by atoms with Gasteiger partial charge in [-0.25, -0.2) is 13.8 Å². The molecule has 112 valence electrons. The predicted octanol–water partition coefficient (Wildman–Crippen LogP) is 3.85. The number of nitrogens with one attached hydrogen (secondary N) is 2. The predicted molar refractivity (Wildman–Crippen MR) is 81.3 cm³/mol. The summed E-state index contributed by atoms with van der Waals surface area (Å²) < 4.78 is 28.0. The Kier molecular flexibility index (Phi) is 3.82. The Morgan fingerprint density at radius 3 is 2.68 bits per heavy atom. The second-order valence-corrected chi connectivity index (χ2v) is 4.72. The van der Waals surface area contributed by atoms with Gasteiger partial charge in [0, 0.05) is 18.3 Å². The maximum Gasteiger partial charge on any atom is 0.135 e. The zero-order chi connectivity index (χ0) is 15.5. The standard InChI is InChI=1S/C16H14F2N4/c1-2-19-14-8-10(6-7-20-14)11-9-21-22-16(11)15-12(17)4-3-5-13(15)18/h3-9H,2H2,1H3,(H,19,20)(H,21,22). The lowest BCUT2D eigenvalue weighted by Crippen LogP contribution is -1.99. The van der Waals surface area contributed by atoms with Crippen LogP contribution in [0.15, 0.2) is 42.7 Å². The first-order valence-electron chi connectivity index (χ1n) is 6.88. The third-order valence-electron chi connectivity index (χ3n) is 3.28. The number of hydrogen-bond donors (Lipinski definition) is 2. The average molecular weight is 300 g/mol. The zero-order valence-electron chi connectivity index (χ0n) is 11.9. The van der Waals surface area contributed by atoms with Crippen molar-refractivity contribution in [3.05, 3.63) is 54.4 Å². The molecule has 2 aromatic heterocycles. The fourth-order valence-corrected chi connectivity index (χ4v) is 2.31. The highest BCUT2D eigenvalue weighted by molar-refractivity contribution is 5.81. The third-order valence-corrected chi connectivity index (χ3v) is 3.28. The van der Waals surface area contributed by atoms with Crippen molar-refractivity contribution in [3.63, 3.8) is 0 Å². The van der Waals surface area contributed by atoms with Gasteiger partial charge >= 0.3 is 0 Å². The second kappa shape index (κ2) is 5.93. The maximum absolute atomic E-state index is 14.0. The minimum Gasteiger partial charge on any atom is -0.370 e. The van der Waals surface area contributed by atoms with E-state index in [1.54, 1.807) is 18.5 Å². The first-order valence-corrected chi connectivity index (χ1v) is 6.88. The monoisotopic (exact) mass is 300 g/mol. The molecule has 2 N–H and O–H groups in total. The normalized spacial score (nSPS) is 10.7. The molecule has 3 aromatic rings. The van der Waals surface area contributed by atoms with E-state index in [1.165, 1.54) is 18.2 Å². The van der Waals surface area contributed by atoms with Gasteiger partial charge in [-0.05, 0) is 36.8 Å². The SMILES string of the molecule is CCNc1cc(-c2cn[nH]c2-c2c(F)cccc2F)ccn1. The number of anilines is 1. The smallest absolute Gasteiger partial charge is 0.135 e. The van der Waals surface area contributed by atoms with Crippen LogP contribution in [0.25, 0.3) is 22.4 Å². The van der Waals surface area contributed by atoms with E-state index in [1.807, 2.05) is 13.0 Å². The minimum absolute atomic E-state index is 0.114. The van der Waals surface area contributed by atoms with Crippen LogP contribution in [0.5, 0.6) is 0 Å². The summed E-state index contributed by atoms with van der Waals surface area (Å²) in [5.74, 6) is -0.570. The number of pyridine rings is 1. The molecule has 0 atom stereocenters. The molecule has 0 saturated heterocycles. The first kappa shape index (κ1) is 14.2. The molecule has 4 nitrogen and oxygen atoms in total. The summed E-state index contributed by atoms with van der Waals surface area (Å²) in [5, 5.41) is 9.72. The lowest BCUT2D eigenvalue weighted by atomic mass is 10.0. The highest BCUT2D eigenvalue weighted by Crippen LogP contribution is 2.33. The van der Waals surface area contributed by atoms with Gasteiger partial charge < -0.3 is 5.32 Å². The summed E-state index contributed by atoms with van der Waals surface area (Å²) in [6, 6.07) is 7.36. The number of H-pyrrole nitrogens is 1.